The van der Waals surface area contributed by atoms with Gasteiger partial charge in [-0.15, -0.1) is 11.3 Å². The fourth-order valence-electron chi connectivity index (χ4n) is 9.80. The molecule has 2 aromatic rings. The van der Waals surface area contributed by atoms with E-state index in [1.807, 2.05) is 20.8 Å². The number of fused-ring (bicyclic) bond motifs is 8. The zero-order valence-corrected chi connectivity index (χ0v) is 32.3. The van der Waals surface area contributed by atoms with Crippen LogP contribution in [0.1, 0.15) is 93.7 Å². The Morgan fingerprint density at radius 2 is 1.69 bits per heavy atom. The van der Waals surface area contributed by atoms with Gasteiger partial charge in [-0.3, -0.25) is 9.59 Å². The predicted octanol–water partition coefficient (Wildman–Crippen LogP) is 6.52. The van der Waals surface area contributed by atoms with Crippen molar-refractivity contribution in [3.63, 3.8) is 0 Å². The number of carbonyl (C=O) groups is 2. The Balaban J connectivity index is 1.26. The molecule has 0 bridgehead atoms. The maximum atomic E-state index is 14.3. The van der Waals surface area contributed by atoms with Crippen LogP contribution in [0.25, 0.3) is 10.6 Å². The summed E-state index contributed by atoms with van der Waals surface area (Å²) in [5.41, 5.74) is 3.86. The van der Waals surface area contributed by atoms with Gasteiger partial charge >= 0.3 is 5.97 Å². The van der Waals surface area contributed by atoms with E-state index in [9.17, 15) is 14.7 Å². The molecule has 11 heteroatoms. The lowest BCUT2D eigenvalue weighted by atomic mass is 9.67. The molecule has 2 saturated heterocycles. The third kappa shape index (κ3) is 6.95. The van der Waals surface area contributed by atoms with E-state index in [0.717, 1.165) is 29.1 Å². The topological polar surface area (TPSA) is 123 Å². The number of hydrogen-bond donors (Lipinski definition) is 1. The Kier molecular flexibility index (Phi) is 11.4. The number of nitrogens with zero attached hydrogens (tertiary/aromatic N) is 1. The monoisotopic (exact) mass is 737 g/mol. The van der Waals surface area contributed by atoms with E-state index in [1.54, 1.807) is 32.7 Å². The summed E-state index contributed by atoms with van der Waals surface area (Å²) in [5, 5.41) is 12.1. The van der Waals surface area contributed by atoms with Gasteiger partial charge in [-0.1, -0.05) is 49.8 Å². The number of ether oxygens (including phenoxy) is 6. The van der Waals surface area contributed by atoms with Crippen molar-refractivity contribution >= 4 is 23.1 Å². The first kappa shape index (κ1) is 37.8. The molecule has 0 amide bonds. The molecule has 3 fully saturated rings. The number of esters is 1. The number of Topliss-reactive ketones (excluding diaryl/α,β-unsaturated/α-hetero) is 1. The van der Waals surface area contributed by atoms with Crippen LogP contribution in [-0.4, -0.2) is 92.2 Å². The Morgan fingerprint density at radius 1 is 0.962 bits per heavy atom. The highest BCUT2D eigenvalue weighted by atomic mass is 32.1. The van der Waals surface area contributed by atoms with Crippen molar-refractivity contribution in [2.75, 3.05) is 21.3 Å². The molecule has 3 heterocycles. The number of ketones is 1. The van der Waals surface area contributed by atoms with E-state index in [-0.39, 0.29) is 72.4 Å². The number of carbonyl (C=O) groups excluding carboxylic acids is 2. The Bertz CT molecular complexity index is 1620. The number of aliphatic hydroxyl groups excluding tert-OH is 1. The molecule has 5 aliphatic rings. The van der Waals surface area contributed by atoms with E-state index in [4.69, 9.17) is 33.4 Å². The lowest BCUT2D eigenvalue weighted by Gasteiger charge is -2.44. The zero-order valence-electron chi connectivity index (χ0n) is 31.5. The second-order valence-corrected chi connectivity index (χ2v) is 16.7. The molecule has 0 spiro atoms. The van der Waals surface area contributed by atoms with Gasteiger partial charge in [-0.25, -0.2) is 4.98 Å². The molecule has 1 aromatic heterocycles. The molecule has 3 unspecified atom stereocenters. The molecule has 1 aromatic carbocycles. The minimum Gasteiger partial charge on any atom is -0.462 e. The number of aromatic nitrogens is 1. The van der Waals surface area contributed by atoms with Gasteiger partial charge in [0.05, 0.1) is 30.4 Å². The zero-order chi connectivity index (χ0) is 36.8. The lowest BCUT2D eigenvalue weighted by Crippen LogP contribution is -2.59. The summed E-state index contributed by atoms with van der Waals surface area (Å²) >= 11 is 1.73. The largest absolute Gasteiger partial charge is 0.462 e. The maximum absolute atomic E-state index is 14.3. The molecule has 7 rings (SSSR count). The van der Waals surface area contributed by atoms with Crippen LogP contribution in [0.2, 0.25) is 0 Å². The molecular weight excluding hydrogens is 683 g/mol. The minimum atomic E-state index is -0.760. The van der Waals surface area contributed by atoms with Crippen LogP contribution in [0.5, 0.6) is 0 Å². The first-order valence-electron chi connectivity index (χ1n) is 19.2. The average Bonchev–Trinajstić information content (AvgIpc) is 3.85. The smallest absolute Gasteiger partial charge is 0.306 e. The average molecular weight is 738 g/mol. The first-order valence-corrected chi connectivity index (χ1v) is 20.0. The van der Waals surface area contributed by atoms with E-state index in [1.165, 1.54) is 10.4 Å². The van der Waals surface area contributed by atoms with E-state index >= 15 is 0 Å². The van der Waals surface area contributed by atoms with Gasteiger partial charge < -0.3 is 33.5 Å². The molecule has 1 saturated carbocycles. The molecule has 14 atom stereocenters. The van der Waals surface area contributed by atoms with Crippen molar-refractivity contribution in [1.82, 2.24) is 4.98 Å². The van der Waals surface area contributed by atoms with Crippen molar-refractivity contribution < 1.29 is 43.1 Å². The molecule has 52 heavy (non-hydrogen) atoms. The van der Waals surface area contributed by atoms with Crippen molar-refractivity contribution in [2.24, 2.45) is 23.7 Å². The Hall–Kier alpha value is -2.51. The van der Waals surface area contributed by atoms with Crippen LogP contribution in [0.15, 0.2) is 35.9 Å². The molecule has 284 valence electrons. The number of rotatable bonds is 7. The second-order valence-electron chi connectivity index (χ2n) is 15.7. The fourth-order valence-corrected chi connectivity index (χ4v) is 11.1. The highest BCUT2D eigenvalue weighted by Crippen LogP contribution is 2.63. The summed E-state index contributed by atoms with van der Waals surface area (Å²) in [6, 6.07) is 8.44. The number of hydrogen-bond acceptors (Lipinski definition) is 11. The van der Waals surface area contributed by atoms with Crippen LogP contribution in [0.4, 0.5) is 0 Å². The third-order valence-corrected chi connectivity index (χ3v) is 13.9. The lowest BCUT2D eigenvalue weighted by molar-refractivity contribution is -0.314. The fraction of sp³-hybridized carbons (Fsp3) is 0.683. The number of aryl methyl sites for hydroxylation is 1. The number of thiazole rings is 1. The van der Waals surface area contributed by atoms with Crippen molar-refractivity contribution in [3.05, 3.63) is 52.0 Å². The van der Waals surface area contributed by atoms with E-state index in [2.05, 4.69) is 37.3 Å². The summed E-state index contributed by atoms with van der Waals surface area (Å²) in [6.07, 6.45) is 3.16. The second kappa shape index (κ2) is 15.7. The van der Waals surface area contributed by atoms with Crippen molar-refractivity contribution in [3.8, 4) is 10.6 Å². The standard InChI is InChI=1S/C41H55NO9S/c1-8-24-10-9-11-31(43)21(3)35(45)29-18-27-26-16-25(51-41-38(48-7)37(47-6)36(46-5)22(4)49-41)17-30(26)39-34(33(27)28(29)19-32(44)50-24)42-40(52-39)23-14-12-20(2)13-15-23/h12-15,18,21-22,24-28,30-31,33,36-38,41,43H,8-11,16-17,19H2,1-7H3/t21-,22?,24+,25+,26+,27+,28-,30-,31+,33-,36+,37?,38?,41+/m1/s1. The van der Waals surface area contributed by atoms with Crippen LogP contribution < -0.4 is 0 Å². The number of methoxy groups -OCH3 is 3. The SMILES string of the molecule is CC[C@H]1CCC[C@H](O)[C@@H](C)C(=O)C2=C[C@H]3[C@@H]4C[C@H](O[C@@H]5OC(C)[C@H](OC)C(OC)C5OC)C[C@H]4c4sc(-c5ccc(C)cc5)nc4[C@H]3[C@@H]2CC(=O)O1. The van der Waals surface area contributed by atoms with Crippen molar-refractivity contribution in [1.29, 1.82) is 0 Å². The molecular formula is C41H55NO9S. The van der Waals surface area contributed by atoms with Crippen LogP contribution in [0, 0.1) is 30.6 Å². The number of benzene rings is 1. The normalized spacial score (nSPS) is 39.3. The van der Waals surface area contributed by atoms with Gasteiger partial charge in [0.15, 0.2) is 12.1 Å². The third-order valence-electron chi connectivity index (χ3n) is 12.6. The number of allylic oxidation sites excluding steroid dienone is 2. The van der Waals surface area contributed by atoms with Crippen LogP contribution in [0.3, 0.4) is 0 Å². The Labute approximate surface area is 311 Å². The minimum absolute atomic E-state index is 0.0266. The molecule has 1 N–H and O–H groups in total. The molecule has 3 aliphatic carbocycles. The van der Waals surface area contributed by atoms with Gasteiger partial charge in [0.1, 0.15) is 29.4 Å². The molecule has 2 aliphatic heterocycles. The highest BCUT2D eigenvalue weighted by molar-refractivity contribution is 7.15. The quantitative estimate of drug-likeness (QED) is 0.315. The van der Waals surface area contributed by atoms with Crippen LogP contribution >= 0.6 is 11.3 Å². The summed E-state index contributed by atoms with van der Waals surface area (Å²) in [5.74, 6) is -1.19. The summed E-state index contributed by atoms with van der Waals surface area (Å²) in [4.78, 5) is 34.6. The van der Waals surface area contributed by atoms with E-state index in [0.29, 0.717) is 31.3 Å². The number of cyclic esters (lactones) is 1. The predicted molar refractivity (Wildman–Crippen MR) is 196 cm³/mol. The van der Waals surface area contributed by atoms with Gasteiger partial charge in [0, 0.05) is 55.4 Å². The van der Waals surface area contributed by atoms with Gasteiger partial charge in [-0.05, 0) is 69.8 Å². The summed E-state index contributed by atoms with van der Waals surface area (Å²) < 4.78 is 36.8. The van der Waals surface area contributed by atoms with Gasteiger partial charge in [-0.2, -0.15) is 0 Å². The molecule has 0 radical (unpaired) electrons. The van der Waals surface area contributed by atoms with Gasteiger partial charge in [0.2, 0.25) is 0 Å². The Morgan fingerprint density at radius 3 is 2.38 bits per heavy atom. The number of aliphatic hydroxyl groups is 1. The van der Waals surface area contributed by atoms with Crippen molar-refractivity contribution in [2.45, 2.75) is 133 Å². The molecule has 10 nitrogen and oxygen atoms in total. The van der Waals surface area contributed by atoms with Crippen LogP contribution in [-0.2, 0) is 38.0 Å². The van der Waals surface area contributed by atoms with Gasteiger partial charge in [0.25, 0.3) is 0 Å². The summed E-state index contributed by atoms with van der Waals surface area (Å²) in [7, 11) is 4.95. The highest BCUT2D eigenvalue weighted by Gasteiger charge is 2.57. The maximum Gasteiger partial charge on any atom is 0.306 e. The first-order chi connectivity index (χ1) is 25.1. The summed E-state index contributed by atoms with van der Waals surface area (Å²) in [6.45, 7) is 7.90. The van der Waals surface area contributed by atoms with E-state index < -0.39 is 30.3 Å².